The first-order valence-electron chi connectivity index (χ1n) is 5.66. The molecule has 0 aromatic heterocycles. The Morgan fingerprint density at radius 2 is 1.60 bits per heavy atom. The monoisotopic (exact) mass is 297 g/mol. The molecule has 6 heteroatoms. The third-order valence-corrected chi connectivity index (χ3v) is 3.17. The number of nitrogens with one attached hydrogen (secondary N) is 1. The molecule has 0 fully saturated rings. The van der Waals surface area contributed by atoms with Gasteiger partial charge in [-0.2, -0.15) is 8.78 Å². The summed E-state index contributed by atoms with van der Waals surface area (Å²) in [7, 11) is 0. The molecule has 0 bridgehead atoms. The maximum Gasteiger partial charge on any atom is 0.288 e. The lowest BCUT2D eigenvalue weighted by Crippen LogP contribution is -2.11. The fourth-order valence-electron chi connectivity index (χ4n) is 1.52. The Balaban J connectivity index is 2.02. The molecule has 104 valence electrons. The van der Waals surface area contributed by atoms with Gasteiger partial charge >= 0.3 is 0 Å². The van der Waals surface area contributed by atoms with Crippen molar-refractivity contribution in [2.45, 2.75) is 10.7 Å². The van der Waals surface area contributed by atoms with E-state index >= 15 is 0 Å². The van der Waals surface area contributed by atoms with E-state index in [4.69, 9.17) is 0 Å². The molecule has 1 N–H and O–H groups in total. The van der Waals surface area contributed by atoms with E-state index in [1.54, 1.807) is 0 Å². The number of benzene rings is 2. The summed E-state index contributed by atoms with van der Waals surface area (Å²) in [4.78, 5) is 12.2. The molecule has 2 aromatic rings. The predicted molar refractivity (Wildman–Crippen MR) is 72.7 cm³/mol. The van der Waals surface area contributed by atoms with Gasteiger partial charge in [0.1, 0.15) is 5.82 Å². The van der Waals surface area contributed by atoms with Crippen molar-refractivity contribution < 1.29 is 18.0 Å². The summed E-state index contributed by atoms with van der Waals surface area (Å²) in [5.41, 5.74) is 0.801. The van der Waals surface area contributed by atoms with E-state index in [0.717, 1.165) is 0 Å². The summed E-state index contributed by atoms with van der Waals surface area (Å²) in [6, 6.07) is 11.2. The normalized spacial score (nSPS) is 10.6. The number of amides is 1. The van der Waals surface area contributed by atoms with Gasteiger partial charge in [0, 0.05) is 16.1 Å². The smallest absolute Gasteiger partial charge is 0.288 e. The van der Waals surface area contributed by atoms with E-state index in [1.807, 2.05) is 0 Å². The van der Waals surface area contributed by atoms with E-state index in [1.165, 1.54) is 48.5 Å². The summed E-state index contributed by atoms with van der Waals surface area (Å²) >= 11 is 0.436. The number of rotatable bonds is 4. The maximum atomic E-state index is 12.7. The average molecular weight is 297 g/mol. The van der Waals surface area contributed by atoms with Crippen molar-refractivity contribution in [3.63, 3.8) is 0 Å². The van der Waals surface area contributed by atoms with Gasteiger partial charge in [-0.1, -0.05) is 11.8 Å². The van der Waals surface area contributed by atoms with E-state index < -0.39 is 11.6 Å². The van der Waals surface area contributed by atoms with Gasteiger partial charge in [-0.25, -0.2) is 4.39 Å². The zero-order chi connectivity index (χ0) is 14.5. The summed E-state index contributed by atoms with van der Waals surface area (Å²) < 4.78 is 37.0. The fraction of sp³-hybridized carbons (Fsp3) is 0.0714. The van der Waals surface area contributed by atoms with Crippen LogP contribution < -0.4 is 5.32 Å². The highest BCUT2D eigenvalue weighted by Gasteiger charge is 2.08. The van der Waals surface area contributed by atoms with Gasteiger partial charge < -0.3 is 5.32 Å². The molecule has 20 heavy (non-hydrogen) atoms. The van der Waals surface area contributed by atoms with Gasteiger partial charge in [0.15, 0.2) is 0 Å². The molecule has 0 spiro atoms. The van der Waals surface area contributed by atoms with Gasteiger partial charge in [0.05, 0.1) is 0 Å². The molecule has 0 aliphatic heterocycles. The summed E-state index contributed by atoms with van der Waals surface area (Å²) in [5, 5.41) is 2.60. The zero-order valence-corrected chi connectivity index (χ0v) is 11.0. The number of carbonyl (C=O) groups is 1. The lowest BCUT2D eigenvalue weighted by atomic mass is 10.2. The molecule has 0 saturated heterocycles. The number of halogens is 3. The number of carbonyl (C=O) groups excluding carboxylic acids is 1. The van der Waals surface area contributed by atoms with Gasteiger partial charge in [-0.05, 0) is 48.5 Å². The van der Waals surface area contributed by atoms with Gasteiger partial charge in [0.2, 0.25) is 0 Å². The molecular weight excluding hydrogens is 287 g/mol. The number of anilines is 1. The Morgan fingerprint density at radius 3 is 2.15 bits per heavy atom. The average Bonchev–Trinajstić information content (AvgIpc) is 2.41. The highest BCUT2D eigenvalue weighted by atomic mass is 32.2. The quantitative estimate of drug-likeness (QED) is 0.848. The van der Waals surface area contributed by atoms with Crippen LogP contribution in [0.25, 0.3) is 0 Å². The molecule has 0 aliphatic rings. The predicted octanol–water partition coefficient (Wildman–Crippen LogP) is 4.39. The lowest BCUT2D eigenvalue weighted by Gasteiger charge is -2.06. The molecule has 0 radical (unpaired) electrons. The summed E-state index contributed by atoms with van der Waals surface area (Å²) in [6.45, 7) is 0. The highest BCUT2D eigenvalue weighted by Crippen LogP contribution is 2.26. The fourth-order valence-corrected chi connectivity index (χ4v) is 2.02. The van der Waals surface area contributed by atoms with Crippen LogP contribution in [0.4, 0.5) is 18.9 Å². The van der Waals surface area contributed by atoms with Crippen LogP contribution in [0.3, 0.4) is 0 Å². The molecular formula is C14H10F3NOS. The van der Waals surface area contributed by atoms with Crippen molar-refractivity contribution in [1.29, 1.82) is 0 Å². The number of hydrogen-bond donors (Lipinski definition) is 1. The largest absolute Gasteiger partial charge is 0.322 e. The Bertz CT molecular complexity index is 584. The van der Waals surface area contributed by atoms with Crippen LogP contribution in [0.2, 0.25) is 0 Å². The van der Waals surface area contributed by atoms with Crippen LogP contribution >= 0.6 is 11.8 Å². The second kappa shape index (κ2) is 6.47. The van der Waals surface area contributed by atoms with Gasteiger partial charge in [0.25, 0.3) is 11.7 Å². The van der Waals surface area contributed by atoms with Crippen molar-refractivity contribution in [3.05, 3.63) is 59.9 Å². The Kier molecular flexibility index (Phi) is 4.68. The van der Waals surface area contributed by atoms with E-state index in [9.17, 15) is 18.0 Å². The topological polar surface area (TPSA) is 29.1 Å². The first-order chi connectivity index (χ1) is 9.54. The third kappa shape index (κ3) is 4.03. The van der Waals surface area contributed by atoms with Crippen LogP contribution in [0, 0.1) is 5.82 Å². The van der Waals surface area contributed by atoms with E-state index in [2.05, 4.69) is 5.32 Å². The number of hydrogen-bond acceptors (Lipinski definition) is 2. The molecule has 0 aliphatic carbocycles. The van der Waals surface area contributed by atoms with Crippen LogP contribution in [0.1, 0.15) is 10.4 Å². The minimum Gasteiger partial charge on any atom is -0.322 e. The molecule has 0 saturated carbocycles. The summed E-state index contributed by atoms with van der Waals surface area (Å²) in [6.07, 6.45) is 0. The van der Waals surface area contributed by atoms with Crippen molar-refractivity contribution in [3.8, 4) is 0 Å². The standard InChI is InChI=1S/C14H10F3NOS/c15-10-3-1-9(2-4-10)13(19)18-11-5-7-12(8-6-11)20-14(16)17/h1-8,14H,(H,18,19). The van der Waals surface area contributed by atoms with Crippen molar-refractivity contribution in [2.75, 3.05) is 5.32 Å². The number of alkyl halides is 2. The summed E-state index contributed by atoms with van der Waals surface area (Å²) in [5.74, 6) is -3.29. The van der Waals surface area contributed by atoms with Gasteiger partial charge in [-0.15, -0.1) is 0 Å². The Morgan fingerprint density at radius 1 is 1.00 bits per heavy atom. The molecule has 2 aromatic carbocycles. The van der Waals surface area contributed by atoms with Crippen LogP contribution in [-0.4, -0.2) is 11.7 Å². The minimum absolute atomic E-state index is 0.317. The van der Waals surface area contributed by atoms with Crippen molar-refractivity contribution >= 4 is 23.4 Å². The maximum absolute atomic E-state index is 12.7. The van der Waals surface area contributed by atoms with E-state index in [-0.39, 0.29) is 5.91 Å². The molecule has 0 unspecified atom stereocenters. The first-order valence-corrected chi connectivity index (χ1v) is 6.54. The molecule has 1 amide bonds. The second-order valence-corrected chi connectivity index (χ2v) is 4.93. The van der Waals surface area contributed by atoms with Crippen molar-refractivity contribution in [2.24, 2.45) is 0 Å². The first kappa shape index (κ1) is 14.5. The Labute approximate surface area is 118 Å². The van der Waals surface area contributed by atoms with Crippen molar-refractivity contribution in [1.82, 2.24) is 0 Å². The SMILES string of the molecule is O=C(Nc1ccc(SC(F)F)cc1)c1ccc(F)cc1. The lowest BCUT2D eigenvalue weighted by molar-refractivity contribution is 0.102. The molecule has 2 rings (SSSR count). The van der Waals surface area contributed by atoms with Gasteiger partial charge in [-0.3, -0.25) is 4.79 Å². The third-order valence-electron chi connectivity index (χ3n) is 2.44. The Hall–Kier alpha value is -1.95. The molecule has 0 heterocycles. The van der Waals surface area contributed by atoms with Crippen LogP contribution in [0.5, 0.6) is 0 Å². The second-order valence-electron chi connectivity index (χ2n) is 3.86. The minimum atomic E-state index is -2.48. The zero-order valence-electron chi connectivity index (χ0n) is 10.1. The van der Waals surface area contributed by atoms with Crippen LogP contribution in [-0.2, 0) is 0 Å². The van der Waals surface area contributed by atoms with Crippen LogP contribution in [0.15, 0.2) is 53.4 Å². The number of thioether (sulfide) groups is 1. The van der Waals surface area contributed by atoms with E-state index in [0.29, 0.717) is 27.9 Å². The highest BCUT2D eigenvalue weighted by molar-refractivity contribution is 7.99. The molecule has 2 nitrogen and oxygen atoms in total. The molecule has 0 atom stereocenters.